The number of nitrogens with one attached hydrogen (secondary N) is 1. The standard InChI is InChI=1S/C17H18ClNO3/c1-11-4-7-15(16(8-11)21-3)22-10-17(20)19-14-9-13(18)6-5-12(14)2/h4-9H,10H2,1-3H3,(H,19,20). The lowest BCUT2D eigenvalue weighted by molar-refractivity contribution is -0.118. The summed E-state index contributed by atoms with van der Waals surface area (Å²) in [6.07, 6.45) is 0. The number of aryl methyl sites for hydroxylation is 2. The lowest BCUT2D eigenvalue weighted by Crippen LogP contribution is -2.20. The Morgan fingerprint density at radius 3 is 2.64 bits per heavy atom. The van der Waals surface area contributed by atoms with Crippen molar-refractivity contribution in [2.45, 2.75) is 13.8 Å². The summed E-state index contributed by atoms with van der Waals surface area (Å²) in [6, 6.07) is 10.9. The van der Waals surface area contributed by atoms with Crippen molar-refractivity contribution in [3.05, 3.63) is 52.5 Å². The molecule has 0 bridgehead atoms. The van der Waals surface area contributed by atoms with Crippen molar-refractivity contribution >= 4 is 23.2 Å². The molecule has 0 saturated carbocycles. The predicted molar refractivity (Wildman–Crippen MR) is 88.0 cm³/mol. The van der Waals surface area contributed by atoms with E-state index in [9.17, 15) is 4.79 Å². The molecule has 0 unspecified atom stereocenters. The lowest BCUT2D eigenvalue weighted by atomic mass is 10.2. The van der Waals surface area contributed by atoms with Crippen LogP contribution in [0.3, 0.4) is 0 Å². The maximum absolute atomic E-state index is 12.0. The lowest BCUT2D eigenvalue weighted by Gasteiger charge is -2.12. The van der Waals surface area contributed by atoms with Crippen molar-refractivity contribution in [1.82, 2.24) is 0 Å². The molecule has 0 radical (unpaired) electrons. The molecule has 0 atom stereocenters. The summed E-state index contributed by atoms with van der Waals surface area (Å²) in [6.45, 7) is 3.75. The van der Waals surface area contributed by atoms with Crippen LogP contribution in [0.15, 0.2) is 36.4 Å². The number of rotatable bonds is 5. The molecule has 116 valence electrons. The Kier molecular flexibility index (Phi) is 5.28. The highest BCUT2D eigenvalue weighted by Crippen LogP contribution is 2.27. The zero-order valence-corrected chi connectivity index (χ0v) is 13.5. The molecule has 0 saturated heterocycles. The Morgan fingerprint density at radius 1 is 1.14 bits per heavy atom. The highest BCUT2D eigenvalue weighted by atomic mass is 35.5. The third-order valence-corrected chi connectivity index (χ3v) is 3.39. The quantitative estimate of drug-likeness (QED) is 0.906. The number of methoxy groups -OCH3 is 1. The maximum atomic E-state index is 12.0. The number of amides is 1. The molecule has 0 aromatic heterocycles. The van der Waals surface area contributed by atoms with Gasteiger partial charge in [-0.2, -0.15) is 0 Å². The van der Waals surface area contributed by atoms with Gasteiger partial charge in [-0.3, -0.25) is 4.79 Å². The normalized spacial score (nSPS) is 10.2. The SMILES string of the molecule is COc1cc(C)ccc1OCC(=O)Nc1cc(Cl)ccc1C. The average Bonchev–Trinajstić information content (AvgIpc) is 2.49. The summed E-state index contributed by atoms with van der Waals surface area (Å²) in [5.41, 5.74) is 2.67. The van der Waals surface area contributed by atoms with Gasteiger partial charge in [0.1, 0.15) is 0 Å². The molecule has 2 aromatic carbocycles. The van der Waals surface area contributed by atoms with Gasteiger partial charge in [-0.1, -0.05) is 23.7 Å². The van der Waals surface area contributed by atoms with Crippen LogP contribution >= 0.6 is 11.6 Å². The highest BCUT2D eigenvalue weighted by Gasteiger charge is 2.09. The van der Waals surface area contributed by atoms with E-state index in [0.29, 0.717) is 22.2 Å². The molecule has 0 aliphatic rings. The molecular formula is C17H18ClNO3. The van der Waals surface area contributed by atoms with Crippen LogP contribution in [0.5, 0.6) is 11.5 Å². The monoisotopic (exact) mass is 319 g/mol. The number of hydrogen-bond donors (Lipinski definition) is 1. The summed E-state index contributed by atoms with van der Waals surface area (Å²) in [5, 5.41) is 3.35. The molecule has 22 heavy (non-hydrogen) atoms. The number of hydrogen-bond acceptors (Lipinski definition) is 3. The molecule has 0 aliphatic carbocycles. The van der Waals surface area contributed by atoms with Crippen molar-refractivity contribution in [3.8, 4) is 11.5 Å². The molecule has 2 rings (SSSR count). The van der Waals surface area contributed by atoms with Gasteiger partial charge >= 0.3 is 0 Å². The van der Waals surface area contributed by atoms with Gasteiger partial charge in [0.2, 0.25) is 0 Å². The van der Waals surface area contributed by atoms with E-state index in [1.54, 1.807) is 25.3 Å². The molecule has 5 heteroatoms. The van der Waals surface area contributed by atoms with Crippen molar-refractivity contribution in [3.63, 3.8) is 0 Å². The first kappa shape index (κ1) is 16.2. The van der Waals surface area contributed by atoms with E-state index in [1.807, 2.05) is 32.0 Å². The first-order chi connectivity index (χ1) is 10.5. The summed E-state index contributed by atoms with van der Waals surface area (Å²) in [5.74, 6) is 0.880. The summed E-state index contributed by atoms with van der Waals surface area (Å²) in [7, 11) is 1.57. The summed E-state index contributed by atoms with van der Waals surface area (Å²) >= 11 is 5.93. The molecule has 2 aromatic rings. The molecule has 1 amide bonds. The van der Waals surface area contributed by atoms with Crippen LogP contribution in [0.25, 0.3) is 0 Å². The largest absolute Gasteiger partial charge is 0.493 e. The van der Waals surface area contributed by atoms with Gasteiger partial charge in [0.15, 0.2) is 18.1 Å². The van der Waals surface area contributed by atoms with E-state index in [1.165, 1.54) is 0 Å². The van der Waals surface area contributed by atoms with Crippen LogP contribution < -0.4 is 14.8 Å². The van der Waals surface area contributed by atoms with Gasteiger partial charge in [0, 0.05) is 10.7 Å². The van der Waals surface area contributed by atoms with Gasteiger partial charge in [-0.15, -0.1) is 0 Å². The minimum atomic E-state index is -0.256. The van der Waals surface area contributed by atoms with Gasteiger partial charge in [0.25, 0.3) is 5.91 Å². The minimum absolute atomic E-state index is 0.106. The Morgan fingerprint density at radius 2 is 1.91 bits per heavy atom. The van der Waals surface area contributed by atoms with Crippen molar-refractivity contribution < 1.29 is 14.3 Å². The van der Waals surface area contributed by atoms with Crippen molar-refractivity contribution in [1.29, 1.82) is 0 Å². The third kappa shape index (κ3) is 4.15. The molecule has 0 spiro atoms. The predicted octanol–water partition coefficient (Wildman–Crippen LogP) is 3.98. The fraction of sp³-hybridized carbons (Fsp3) is 0.235. The van der Waals surface area contributed by atoms with E-state index in [0.717, 1.165) is 11.1 Å². The van der Waals surface area contributed by atoms with Gasteiger partial charge in [0.05, 0.1) is 7.11 Å². The Hall–Kier alpha value is -2.20. The molecule has 0 heterocycles. The summed E-state index contributed by atoms with van der Waals surface area (Å²) < 4.78 is 10.8. The minimum Gasteiger partial charge on any atom is -0.493 e. The fourth-order valence-corrected chi connectivity index (χ4v) is 2.12. The first-order valence-corrected chi connectivity index (χ1v) is 7.21. The van der Waals surface area contributed by atoms with E-state index in [4.69, 9.17) is 21.1 Å². The first-order valence-electron chi connectivity index (χ1n) is 6.83. The van der Waals surface area contributed by atoms with Crippen LogP contribution in [0, 0.1) is 13.8 Å². The molecule has 0 aliphatic heterocycles. The topological polar surface area (TPSA) is 47.6 Å². The average molecular weight is 320 g/mol. The van der Waals surface area contributed by atoms with Gasteiger partial charge in [-0.05, 0) is 49.2 Å². The third-order valence-electron chi connectivity index (χ3n) is 3.15. The van der Waals surface area contributed by atoms with Crippen molar-refractivity contribution in [2.75, 3.05) is 19.0 Å². The zero-order valence-electron chi connectivity index (χ0n) is 12.8. The second kappa shape index (κ2) is 7.18. The van der Waals surface area contributed by atoms with E-state index in [-0.39, 0.29) is 12.5 Å². The molecule has 1 N–H and O–H groups in total. The van der Waals surface area contributed by atoms with E-state index < -0.39 is 0 Å². The van der Waals surface area contributed by atoms with Crippen LogP contribution in [0.1, 0.15) is 11.1 Å². The van der Waals surface area contributed by atoms with Crippen LogP contribution in [-0.4, -0.2) is 19.6 Å². The number of halogens is 1. The number of carbonyl (C=O) groups excluding carboxylic acids is 1. The number of carbonyl (C=O) groups is 1. The number of ether oxygens (including phenoxy) is 2. The van der Waals surface area contributed by atoms with Crippen LogP contribution in [0.2, 0.25) is 5.02 Å². The second-order valence-electron chi connectivity index (χ2n) is 4.95. The Labute approximate surface area is 135 Å². The van der Waals surface area contributed by atoms with Gasteiger partial charge < -0.3 is 14.8 Å². The smallest absolute Gasteiger partial charge is 0.262 e. The molecule has 4 nitrogen and oxygen atoms in total. The van der Waals surface area contributed by atoms with Crippen LogP contribution in [-0.2, 0) is 4.79 Å². The molecule has 0 fully saturated rings. The number of anilines is 1. The highest BCUT2D eigenvalue weighted by molar-refractivity contribution is 6.31. The van der Waals surface area contributed by atoms with E-state index >= 15 is 0 Å². The van der Waals surface area contributed by atoms with E-state index in [2.05, 4.69) is 5.32 Å². The second-order valence-corrected chi connectivity index (χ2v) is 5.39. The Balaban J connectivity index is 2.00. The Bertz CT molecular complexity index is 686. The fourth-order valence-electron chi connectivity index (χ4n) is 1.95. The number of benzene rings is 2. The van der Waals surface area contributed by atoms with Crippen LogP contribution in [0.4, 0.5) is 5.69 Å². The van der Waals surface area contributed by atoms with Gasteiger partial charge in [-0.25, -0.2) is 0 Å². The molecular weight excluding hydrogens is 302 g/mol. The maximum Gasteiger partial charge on any atom is 0.262 e. The zero-order chi connectivity index (χ0) is 16.1. The summed E-state index contributed by atoms with van der Waals surface area (Å²) in [4.78, 5) is 12.0. The van der Waals surface area contributed by atoms with Crippen molar-refractivity contribution in [2.24, 2.45) is 0 Å².